The molecule has 0 aliphatic heterocycles. The van der Waals surface area contributed by atoms with Crippen molar-refractivity contribution < 1.29 is 14.5 Å². The third-order valence-electron chi connectivity index (χ3n) is 4.22. The van der Waals surface area contributed by atoms with Crippen molar-refractivity contribution in [2.45, 2.75) is 13.5 Å². The minimum atomic E-state index is -0.483. The Hall–Kier alpha value is -3.73. The van der Waals surface area contributed by atoms with E-state index in [4.69, 9.17) is 4.74 Å². The van der Waals surface area contributed by atoms with Gasteiger partial charge in [0.15, 0.2) is 5.78 Å². The molecule has 28 heavy (non-hydrogen) atoms. The fourth-order valence-electron chi connectivity index (χ4n) is 2.68. The smallest absolute Gasteiger partial charge is 0.273 e. The summed E-state index contributed by atoms with van der Waals surface area (Å²) in [4.78, 5) is 22.9. The number of rotatable bonds is 7. The summed E-state index contributed by atoms with van der Waals surface area (Å²) in [7, 11) is 0. The average Bonchev–Trinajstić information content (AvgIpc) is 2.71. The summed E-state index contributed by atoms with van der Waals surface area (Å²) in [6, 6.07) is 21.7. The normalized spacial score (nSPS) is 10.8. The summed E-state index contributed by atoms with van der Waals surface area (Å²) in [5.41, 5.74) is 2.62. The van der Waals surface area contributed by atoms with Gasteiger partial charge in [-0.2, -0.15) is 0 Å². The van der Waals surface area contributed by atoms with E-state index in [9.17, 15) is 14.9 Å². The molecule has 3 aromatic carbocycles. The zero-order chi connectivity index (χ0) is 19.9. The van der Waals surface area contributed by atoms with Gasteiger partial charge in [-0.3, -0.25) is 14.9 Å². The average molecular weight is 373 g/mol. The Balaban J connectivity index is 1.69. The van der Waals surface area contributed by atoms with E-state index in [2.05, 4.69) is 0 Å². The number of carbonyl (C=O) groups is 1. The molecule has 0 aliphatic carbocycles. The second-order valence-electron chi connectivity index (χ2n) is 6.30. The molecule has 3 aromatic rings. The maximum Gasteiger partial charge on any atom is 0.273 e. The minimum Gasteiger partial charge on any atom is -0.489 e. The summed E-state index contributed by atoms with van der Waals surface area (Å²) in [5, 5.41) is 11.0. The standard InChI is InChI=1S/C23H19NO4/c1-17-10-12-20(15-22(17)24(26)27)23(25)13-11-18-8-5-9-21(14-18)28-16-19-6-3-2-4-7-19/h2-15H,16H2,1H3/b13-11+. The summed E-state index contributed by atoms with van der Waals surface area (Å²) in [6.45, 7) is 2.10. The third kappa shape index (κ3) is 4.92. The fourth-order valence-corrected chi connectivity index (χ4v) is 2.68. The molecule has 0 saturated heterocycles. The van der Waals surface area contributed by atoms with Crippen molar-refractivity contribution in [3.63, 3.8) is 0 Å². The van der Waals surface area contributed by atoms with Gasteiger partial charge in [-0.15, -0.1) is 0 Å². The zero-order valence-electron chi connectivity index (χ0n) is 15.4. The number of nitro benzene ring substituents is 1. The summed E-state index contributed by atoms with van der Waals surface area (Å²) >= 11 is 0. The second kappa shape index (κ2) is 8.77. The zero-order valence-corrected chi connectivity index (χ0v) is 15.4. The van der Waals surface area contributed by atoms with Crippen molar-refractivity contribution in [1.29, 1.82) is 0 Å². The predicted molar refractivity (Wildman–Crippen MR) is 108 cm³/mol. The first-order valence-corrected chi connectivity index (χ1v) is 8.77. The van der Waals surface area contributed by atoms with E-state index < -0.39 is 4.92 Å². The number of allylic oxidation sites excluding steroid dienone is 1. The van der Waals surface area contributed by atoms with Crippen molar-refractivity contribution in [2.24, 2.45) is 0 Å². The van der Waals surface area contributed by atoms with Crippen molar-refractivity contribution in [3.8, 4) is 5.75 Å². The molecule has 0 radical (unpaired) electrons. The molecule has 5 heteroatoms. The molecule has 0 aromatic heterocycles. The number of ether oxygens (including phenoxy) is 1. The maximum absolute atomic E-state index is 12.4. The highest BCUT2D eigenvalue weighted by Gasteiger charge is 2.13. The van der Waals surface area contributed by atoms with Gasteiger partial charge in [0.05, 0.1) is 4.92 Å². The van der Waals surface area contributed by atoms with E-state index >= 15 is 0 Å². The van der Waals surface area contributed by atoms with E-state index in [0.29, 0.717) is 17.9 Å². The molecule has 0 atom stereocenters. The van der Waals surface area contributed by atoms with Gasteiger partial charge in [-0.25, -0.2) is 0 Å². The van der Waals surface area contributed by atoms with Crippen LogP contribution in [0.3, 0.4) is 0 Å². The van der Waals surface area contributed by atoms with Gasteiger partial charge < -0.3 is 4.74 Å². The quantitative estimate of drug-likeness (QED) is 0.241. The Morgan fingerprint density at radius 3 is 2.57 bits per heavy atom. The van der Waals surface area contributed by atoms with Crippen LogP contribution in [0.1, 0.15) is 27.0 Å². The Labute approximate surface area is 163 Å². The highest BCUT2D eigenvalue weighted by Crippen LogP contribution is 2.20. The lowest BCUT2D eigenvalue weighted by Crippen LogP contribution is -1.98. The van der Waals surface area contributed by atoms with Gasteiger partial charge in [0.1, 0.15) is 12.4 Å². The molecule has 5 nitrogen and oxygen atoms in total. The van der Waals surface area contributed by atoms with Gasteiger partial charge >= 0.3 is 0 Å². The molecule has 0 unspecified atom stereocenters. The van der Waals surface area contributed by atoms with Crippen LogP contribution in [-0.4, -0.2) is 10.7 Å². The number of ketones is 1. The van der Waals surface area contributed by atoms with Crippen LogP contribution in [0.5, 0.6) is 5.75 Å². The van der Waals surface area contributed by atoms with Crippen LogP contribution in [0.4, 0.5) is 5.69 Å². The van der Waals surface area contributed by atoms with Crippen LogP contribution in [0.25, 0.3) is 6.08 Å². The Morgan fingerprint density at radius 2 is 1.82 bits per heavy atom. The summed E-state index contributed by atoms with van der Waals surface area (Å²) in [6.07, 6.45) is 3.08. The van der Waals surface area contributed by atoms with Gasteiger partial charge in [-0.05, 0) is 36.3 Å². The number of nitro groups is 1. The molecule has 0 amide bonds. The lowest BCUT2D eigenvalue weighted by atomic mass is 10.1. The monoisotopic (exact) mass is 373 g/mol. The van der Waals surface area contributed by atoms with Crippen molar-refractivity contribution in [1.82, 2.24) is 0 Å². The van der Waals surface area contributed by atoms with Crippen LogP contribution >= 0.6 is 0 Å². The molecule has 140 valence electrons. The summed E-state index contributed by atoms with van der Waals surface area (Å²) < 4.78 is 5.79. The van der Waals surface area contributed by atoms with E-state index in [-0.39, 0.29) is 17.0 Å². The number of carbonyl (C=O) groups excluding carboxylic acids is 1. The highest BCUT2D eigenvalue weighted by atomic mass is 16.6. The van der Waals surface area contributed by atoms with Gasteiger partial charge in [0.2, 0.25) is 0 Å². The second-order valence-corrected chi connectivity index (χ2v) is 6.30. The fraction of sp³-hybridized carbons (Fsp3) is 0.0870. The summed E-state index contributed by atoms with van der Waals surface area (Å²) in [5.74, 6) is 0.406. The molecule has 0 bridgehead atoms. The molecule has 0 aliphatic rings. The van der Waals surface area contributed by atoms with Crippen LogP contribution in [-0.2, 0) is 6.61 Å². The number of nitrogens with zero attached hydrogens (tertiary/aromatic N) is 1. The van der Waals surface area contributed by atoms with Crippen molar-refractivity contribution >= 4 is 17.5 Å². The molecule has 3 rings (SSSR count). The molecule has 0 fully saturated rings. The molecule has 0 N–H and O–H groups in total. The lowest BCUT2D eigenvalue weighted by molar-refractivity contribution is -0.385. The van der Waals surface area contributed by atoms with Gasteiger partial charge in [-0.1, -0.05) is 60.7 Å². The van der Waals surface area contributed by atoms with Crippen LogP contribution in [0.2, 0.25) is 0 Å². The van der Waals surface area contributed by atoms with Gasteiger partial charge in [0.25, 0.3) is 5.69 Å². The van der Waals surface area contributed by atoms with Crippen LogP contribution in [0, 0.1) is 17.0 Å². The first kappa shape index (κ1) is 19.0. The van der Waals surface area contributed by atoms with E-state index in [1.54, 1.807) is 25.1 Å². The minimum absolute atomic E-state index is 0.0597. The highest BCUT2D eigenvalue weighted by molar-refractivity contribution is 6.07. The lowest BCUT2D eigenvalue weighted by Gasteiger charge is -2.07. The van der Waals surface area contributed by atoms with Crippen LogP contribution < -0.4 is 4.74 Å². The number of hydrogen-bond donors (Lipinski definition) is 0. The Kier molecular flexibility index (Phi) is 5.97. The first-order chi connectivity index (χ1) is 13.5. The molecular formula is C23H19NO4. The topological polar surface area (TPSA) is 69.4 Å². The first-order valence-electron chi connectivity index (χ1n) is 8.77. The van der Waals surface area contributed by atoms with E-state index in [1.165, 1.54) is 12.1 Å². The van der Waals surface area contributed by atoms with Crippen LogP contribution in [0.15, 0.2) is 78.9 Å². The largest absolute Gasteiger partial charge is 0.489 e. The van der Waals surface area contributed by atoms with E-state index in [1.807, 2.05) is 54.6 Å². The number of hydrogen-bond acceptors (Lipinski definition) is 4. The number of aryl methyl sites for hydroxylation is 1. The third-order valence-corrected chi connectivity index (χ3v) is 4.22. The Morgan fingerprint density at radius 1 is 1.04 bits per heavy atom. The van der Waals surface area contributed by atoms with Crippen molar-refractivity contribution in [3.05, 3.63) is 111 Å². The molecule has 0 heterocycles. The SMILES string of the molecule is Cc1ccc(C(=O)/C=C/c2cccc(OCc3ccccc3)c2)cc1[N+](=O)[O-]. The Bertz CT molecular complexity index is 1030. The molecule has 0 spiro atoms. The predicted octanol–water partition coefficient (Wildman–Crippen LogP) is 5.38. The van der Waals surface area contributed by atoms with Gasteiger partial charge in [0, 0.05) is 17.2 Å². The van der Waals surface area contributed by atoms with Crippen molar-refractivity contribution in [2.75, 3.05) is 0 Å². The van der Waals surface area contributed by atoms with E-state index in [0.717, 1.165) is 11.1 Å². The number of benzene rings is 3. The molecular weight excluding hydrogens is 354 g/mol. The maximum atomic E-state index is 12.4. The molecule has 0 saturated carbocycles.